The molecule has 1 aromatic rings. The number of amides is 2. The molecule has 0 aliphatic carbocycles. The molecule has 6 nitrogen and oxygen atoms in total. The fraction of sp³-hybridized carbons (Fsp3) is 0.571. The van der Waals surface area contributed by atoms with Gasteiger partial charge in [0.05, 0.1) is 12.8 Å². The number of aliphatic hydroxyl groups excluding tert-OH is 1. The van der Waals surface area contributed by atoms with Crippen molar-refractivity contribution in [2.24, 2.45) is 5.92 Å². The summed E-state index contributed by atoms with van der Waals surface area (Å²) in [5, 5.41) is 14.2. The Morgan fingerprint density at radius 2 is 2.15 bits per heavy atom. The maximum atomic E-state index is 11.6. The molecule has 0 spiro atoms. The second-order valence-corrected chi connectivity index (χ2v) is 4.63. The van der Waals surface area contributed by atoms with Crippen LogP contribution in [-0.2, 0) is 4.79 Å². The van der Waals surface area contributed by atoms with E-state index in [4.69, 9.17) is 9.52 Å². The minimum Gasteiger partial charge on any atom is -0.459 e. The topological polar surface area (TPSA) is 91.6 Å². The number of carbonyl (C=O) groups is 2. The van der Waals surface area contributed by atoms with E-state index < -0.39 is 5.91 Å². The van der Waals surface area contributed by atoms with Gasteiger partial charge in [0.1, 0.15) is 0 Å². The SMILES string of the molecule is CCCC(CCO)CNC(=O)CNC(=O)c1ccco1. The summed E-state index contributed by atoms with van der Waals surface area (Å²) < 4.78 is 4.92. The van der Waals surface area contributed by atoms with E-state index in [9.17, 15) is 9.59 Å². The van der Waals surface area contributed by atoms with E-state index in [1.807, 2.05) is 0 Å². The van der Waals surface area contributed by atoms with Crippen LogP contribution in [0.5, 0.6) is 0 Å². The quantitative estimate of drug-likeness (QED) is 0.628. The molecule has 1 unspecified atom stereocenters. The van der Waals surface area contributed by atoms with E-state index in [2.05, 4.69) is 17.6 Å². The van der Waals surface area contributed by atoms with Crippen molar-refractivity contribution in [2.45, 2.75) is 26.2 Å². The van der Waals surface area contributed by atoms with Gasteiger partial charge in [0.15, 0.2) is 5.76 Å². The van der Waals surface area contributed by atoms with Gasteiger partial charge in [0.25, 0.3) is 5.91 Å². The third-order valence-electron chi connectivity index (χ3n) is 2.98. The summed E-state index contributed by atoms with van der Waals surface area (Å²) in [6.45, 7) is 2.62. The normalized spacial score (nSPS) is 11.9. The number of furan rings is 1. The molecule has 0 bridgehead atoms. The molecule has 1 heterocycles. The maximum Gasteiger partial charge on any atom is 0.287 e. The largest absolute Gasteiger partial charge is 0.459 e. The predicted octanol–water partition coefficient (Wildman–Crippen LogP) is 0.924. The smallest absolute Gasteiger partial charge is 0.287 e. The Kier molecular flexibility index (Phi) is 7.42. The monoisotopic (exact) mass is 282 g/mol. The molecule has 1 aromatic heterocycles. The number of hydrogen-bond donors (Lipinski definition) is 3. The predicted molar refractivity (Wildman–Crippen MR) is 74.2 cm³/mol. The van der Waals surface area contributed by atoms with Gasteiger partial charge in [0.2, 0.25) is 5.91 Å². The van der Waals surface area contributed by atoms with E-state index in [0.717, 1.165) is 12.8 Å². The zero-order valence-corrected chi connectivity index (χ0v) is 11.7. The third kappa shape index (κ3) is 5.88. The van der Waals surface area contributed by atoms with Crippen LogP contribution in [0.2, 0.25) is 0 Å². The molecule has 0 aliphatic rings. The van der Waals surface area contributed by atoms with Crippen LogP contribution in [0.4, 0.5) is 0 Å². The molecule has 20 heavy (non-hydrogen) atoms. The van der Waals surface area contributed by atoms with E-state index in [0.29, 0.717) is 13.0 Å². The number of rotatable bonds is 9. The van der Waals surface area contributed by atoms with Crippen molar-refractivity contribution in [2.75, 3.05) is 19.7 Å². The first-order chi connectivity index (χ1) is 9.67. The Morgan fingerprint density at radius 1 is 1.35 bits per heavy atom. The van der Waals surface area contributed by atoms with E-state index in [1.54, 1.807) is 6.07 Å². The Morgan fingerprint density at radius 3 is 2.75 bits per heavy atom. The van der Waals surface area contributed by atoms with Crippen LogP contribution >= 0.6 is 0 Å². The van der Waals surface area contributed by atoms with Crippen molar-refractivity contribution in [1.82, 2.24) is 10.6 Å². The first-order valence-electron chi connectivity index (χ1n) is 6.86. The lowest BCUT2D eigenvalue weighted by atomic mass is 10.0. The fourth-order valence-electron chi connectivity index (χ4n) is 1.92. The molecular formula is C14H22N2O4. The standard InChI is InChI=1S/C14H22N2O4/c1-2-4-11(6-7-17)9-15-13(18)10-16-14(19)12-5-3-8-20-12/h3,5,8,11,17H,2,4,6-7,9-10H2,1H3,(H,15,18)(H,16,19). The molecule has 0 fully saturated rings. The van der Waals surface area contributed by atoms with Crippen molar-refractivity contribution < 1.29 is 19.1 Å². The molecule has 0 aliphatic heterocycles. The average Bonchev–Trinajstić information content (AvgIpc) is 2.97. The van der Waals surface area contributed by atoms with Gasteiger partial charge < -0.3 is 20.2 Å². The van der Waals surface area contributed by atoms with Crippen LogP contribution in [-0.4, -0.2) is 36.6 Å². The molecule has 0 saturated carbocycles. The number of hydrogen-bond acceptors (Lipinski definition) is 4. The second-order valence-electron chi connectivity index (χ2n) is 4.63. The molecular weight excluding hydrogens is 260 g/mol. The Hall–Kier alpha value is -1.82. The first-order valence-corrected chi connectivity index (χ1v) is 6.86. The van der Waals surface area contributed by atoms with Crippen molar-refractivity contribution in [3.63, 3.8) is 0 Å². The molecule has 6 heteroatoms. The molecule has 0 radical (unpaired) electrons. The fourth-order valence-corrected chi connectivity index (χ4v) is 1.92. The van der Waals surface area contributed by atoms with E-state index in [-0.39, 0.29) is 30.7 Å². The summed E-state index contributed by atoms with van der Waals surface area (Å²) in [7, 11) is 0. The van der Waals surface area contributed by atoms with Crippen LogP contribution in [0.3, 0.4) is 0 Å². The molecule has 1 rings (SSSR count). The summed E-state index contributed by atoms with van der Waals surface area (Å²) in [5.41, 5.74) is 0. The van der Waals surface area contributed by atoms with Gasteiger partial charge in [-0.2, -0.15) is 0 Å². The summed E-state index contributed by atoms with van der Waals surface area (Å²) in [5.74, 6) is -0.203. The number of aliphatic hydroxyl groups is 1. The van der Waals surface area contributed by atoms with Gasteiger partial charge in [0, 0.05) is 13.2 Å². The van der Waals surface area contributed by atoms with Crippen molar-refractivity contribution in [3.05, 3.63) is 24.2 Å². The second kappa shape index (κ2) is 9.14. The van der Waals surface area contributed by atoms with Gasteiger partial charge in [-0.15, -0.1) is 0 Å². The number of carbonyl (C=O) groups excluding carboxylic acids is 2. The summed E-state index contributed by atoms with van der Waals surface area (Å²) >= 11 is 0. The van der Waals surface area contributed by atoms with Gasteiger partial charge in [-0.1, -0.05) is 13.3 Å². The van der Waals surface area contributed by atoms with Gasteiger partial charge in [-0.25, -0.2) is 0 Å². The van der Waals surface area contributed by atoms with Crippen LogP contribution in [0.25, 0.3) is 0 Å². The molecule has 112 valence electrons. The third-order valence-corrected chi connectivity index (χ3v) is 2.98. The van der Waals surface area contributed by atoms with Crippen LogP contribution in [0, 0.1) is 5.92 Å². The lowest BCUT2D eigenvalue weighted by Crippen LogP contribution is -2.39. The van der Waals surface area contributed by atoms with Crippen LogP contribution in [0.1, 0.15) is 36.7 Å². The summed E-state index contributed by atoms with van der Waals surface area (Å²) in [6.07, 6.45) is 4.04. The summed E-state index contributed by atoms with van der Waals surface area (Å²) in [6, 6.07) is 3.14. The highest BCUT2D eigenvalue weighted by molar-refractivity contribution is 5.94. The molecule has 0 saturated heterocycles. The van der Waals surface area contributed by atoms with Crippen molar-refractivity contribution >= 4 is 11.8 Å². The van der Waals surface area contributed by atoms with Crippen LogP contribution < -0.4 is 10.6 Å². The van der Waals surface area contributed by atoms with Gasteiger partial charge in [-0.05, 0) is 30.9 Å². The lowest BCUT2D eigenvalue weighted by Gasteiger charge is -2.15. The highest BCUT2D eigenvalue weighted by atomic mass is 16.3. The Balaban J connectivity index is 2.24. The van der Waals surface area contributed by atoms with E-state index >= 15 is 0 Å². The van der Waals surface area contributed by atoms with E-state index in [1.165, 1.54) is 12.3 Å². The Labute approximate surface area is 118 Å². The lowest BCUT2D eigenvalue weighted by molar-refractivity contribution is -0.120. The van der Waals surface area contributed by atoms with Crippen molar-refractivity contribution in [3.8, 4) is 0 Å². The highest BCUT2D eigenvalue weighted by Gasteiger charge is 2.12. The molecule has 2 amide bonds. The maximum absolute atomic E-state index is 11.6. The molecule has 1 atom stereocenters. The minimum absolute atomic E-state index is 0.0858. The van der Waals surface area contributed by atoms with Gasteiger partial charge >= 0.3 is 0 Å². The number of nitrogens with one attached hydrogen (secondary N) is 2. The zero-order valence-electron chi connectivity index (χ0n) is 11.7. The minimum atomic E-state index is -0.411. The summed E-state index contributed by atoms with van der Waals surface area (Å²) in [4.78, 5) is 23.1. The zero-order chi connectivity index (χ0) is 14.8. The first kappa shape index (κ1) is 16.2. The van der Waals surface area contributed by atoms with Crippen LogP contribution in [0.15, 0.2) is 22.8 Å². The molecule has 0 aromatic carbocycles. The van der Waals surface area contributed by atoms with Crippen molar-refractivity contribution in [1.29, 1.82) is 0 Å². The Bertz CT molecular complexity index is 397. The highest BCUT2D eigenvalue weighted by Crippen LogP contribution is 2.09. The molecule has 3 N–H and O–H groups in total. The van der Waals surface area contributed by atoms with Gasteiger partial charge in [-0.3, -0.25) is 9.59 Å². The average molecular weight is 282 g/mol.